The first-order chi connectivity index (χ1) is 13.1. The lowest BCUT2D eigenvalue weighted by molar-refractivity contribution is 0.316. The van der Waals surface area contributed by atoms with Crippen LogP contribution in [-0.4, -0.2) is 37.5 Å². The largest absolute Gasteiger partial charge is 0.317 e. The molecule has 5 rings (SSSR count). The molecule has 1 N–H and O–H groups in total. The number of aromatic nitrogens is 5. The van der Waals surface area contributed by atoms with Crippen LogP contribution in [0.3, 0.4) is 0 Å². The summed E-state index contributed by atoms with van der Waals surface area (Å²) in [5.74, 6) is -0.899. The normalized spacial score (nSPS) is 15.8. The highest BCUT2D eigenvalue weighted by Crippen LogP contribution is 2.28. The number of aryl methyl sites for hydroxylation is 1. The number of imidazole rings is 1. The van der Waals surface area contributed by atoms with Gasteiger partial charge in [0.25, 0.3) is 0 Å². The smallest absolute Gasteiger partial charge is 0.173 e. The Morgan fingerprint density at radius 3 is 2.59 bits per heavy atom. The molecule has 1 saturated heterocycles. The summed E-state index contributed by atoms with van der Waals surface area (Å²) in [6.45, 7) is 3.61. The molecule has 0 aliphatic carbocycles. The molecule has 27 heavy (non-hydrogen) atoms. The van der Waals surface area contributed by atoms with Gasteiger partial charge in [0, 0.05) is 18.0 Å². The van der Waals surface area contributed by atoms with E-state index in [4.69, 9.17) is 0 Å². The quantitative estimate of drug-likeness (QED) is 0.590. The number of nitrogens with zero attached hydrogens (tertiary/aromatic N) is 5. The molecule has 138 valence electrons. The van der Waals surface area contributed by atoms with E-state index in [1.807, 2.05) is 0 Å². The van der Waals surface area contributed by atoms with Gasteiger partial charge in [0.1, 0.15) is 11.0 Å². The number of benzene rings is 1. The molecule has 4 aromatic rings. The highest BCUT2D eigenvalue weighted by atomic mass is 19.1. The number of piperidine rings is 1. The van der Waals surface area contributed by atoms with Crippen LogP contribution < -0.4 is 5.32 Å². The highest BCUT2D eigenvalue weighted by Gasteiger charge is 2.20. The van der Waals surface area contributed by atoms with E-state index in [9.17, 15) is 8.78 Å². The topological polar surface area (TPSA) is 60.0 Å². The summed E-state index contributed by atoms with van der Waals surface area (Å²) in [5, 5.41) is 12.1. The molecule has 6 nitrogen and oxygen atoms in total. The van der Waals surface area contributed by atoms with E-state index in [1.54, 1.807) is 34.6 Å². The van der Waals surface area contributed by atoms with E-state index in [2.05, 4.69) is 20.5 Å². The molecule has 1 aromatic carbocycles. The number of hydrogen-bond donors (Lipinski definition) is 1. The predicted octanol–water partition coefficient (Wildman–Crippen LogP) is 3.26. The molecule has 0 spiro atoms. The predicted molar refractivity (Wildman–Crippen MR) is 97.5 cm³/mol. The molecule has 0 radical (unpaired) electrons. The highest BCUT2D eigenvalue weighted by molar-refractivity contribution is 5.81. The maximum Gasteiger partial charge on any atom is 0.173 e. The summed E-state index contributed by atoms with van der Waals surface area (Å²) in [6, 6.07) is 4.69. The van der Waals surface area contributed by atoms with Crippen molar-refractivity contribution in [1.82, 2.24) is 29.7 Å². The minimum atomic E-state index is -0.454. The average molecular weight is 368 g/mol. The van der Waals surface area contributed by atoms with Crippen molar-refractivity contribution in [3.8, 4) is 11.1 Å². The van der Waals surface area contributed by atoms with Crippen molar-refractivity contribution in [1.29, 1.82) is 0 Å². The molecule has 0 unspecified atom stereocenters. The van der Waals surface area contributed by atoms with Crippen LogP contribution in [0.4, 0.5) is 8.78 Å². The van der Waals surface area contributed by atoms with E-state index < -0.39 is 11.6 Å². The first kappa shape index (κ1) is 16.3. The average Bonchev–Trinajstić information content (AvgIpc) is 3.26. The molecule has 8 heteroatoms. The molecule has 3 aromatic heterocycles. The second-order valence-corrected chi connectivity index (χ2v) is 7.02. The minimum absolute atomic E-state index is 0.171. The summed E-state index contributed by atoms with van der Waals surface area (Å²) < 4.78 is 30.7. The number of pyridine rings is 1. The first-order valence-electron chi connectivity index (χ1n) is 9.00. The van der Waals surface area contributed by atoms with Crippen molar-refractivity contribution >= 4 is 16.7 Å². The molecule has 0 atom stereocenters. The van der Waals surface area contributed by atoms with Crippen LogP contribution in [0.15, 0.2) is 30.6 Å². The van der Waals surface area contributed by atoms with Crippen LogP contribution in [0.5, 0.6) is 0 Å². The van der Waals surface area contributed by atoms with Gasteiger partial charge in [0.15, 0.2) is 17.3 Å². The number of nitrogens with one attached hydrogen (secondary N) is 1. The van der Waals surface area contributed by atoms with Gasteiger partial charge in [-0.3, -0.25) is 0 Å². The van der Waals surface area contributed by atoms with Gasteiger partial charge in [-0.2, -0.15) is 9.90 Å². The lowest BCUT2D eigenvalue weighted by Gasteiger charge is -2.21. The Labute approximate surface area is 153 Å². The Balaban J connectivity index is 1.61. The van der Waals surface area contributed by atoms with Gasteiger partial charge in [-0.05, 0) is 56.6 Å². The molecule has 0 amide bonds. The van der Waals surface area contributed by atoms with Crippen LogP contribution in [-0.2, 0) is 0 Å². The van der Waals surface area contributed by atoms with Crippen LogP contribution in [0.1, 0.15) is 24.6 Å². The van der Waals surface area contributed by atoms with Gasteiger partial charge in [0.05, 0.1) is 11.7 Å². The van der Waals surface area contributed by atoms with Crippen molar-refractivity contribution in [3.05, 3.63) is 47.9 Å². The molecule has 1 aliphatic rings. The van der Waals surface area contributed by atoms with Gasteiger partial charge in [0.2, 0.25) is 0 Å². The summed E-state index contributed by atoms with van der Waals surface area (Å²) in [4.78, 5) is 5.78. The third-order valence-electron chi connectivity index (χ3n) is 5.05. The summed E-state index contributed by atoms with van der Waals surface area (Å²) >= 11 is 0. The molecule has 4 heterocycles. The fourth-order valence-electron chi connectivity index (χ4n) is 3.70. The van der Waals surface area contributed by atoms with Crippen LogP contribution in [0.25, 0.3) is 27.8 Å². The zero-order valence-electron chi connectivity index (χ0n) is 14.8. The lowest BCUT2D eigenvalue weighted by atomic mass is 10.1. The maximum absolute atomic E-state index is 14.7. The Morgan fingerprint density at radius 1 is 1.00 bits per heavy atom. The van der Waals surface area contributed by atoms with E-state index >= 15 is 0 Å². The van der Waals surface area contributed by atoms with Crippen LogP contribution >= 0.6 is 0 Å². The second-order valence-electron chi connectivity index (χ2n) is 7.02. The van der Waals surface area contributed by atoms with Crippen LogP contribution in [0.2, 0.25) is 0 Å². The molecular formula is C19H18F2N6. The van der Waals surface area contributed by atoms with E-state index in [-0.39, 0.29) is 17.2 Å². The Hall–Kier alpha value is -2.87. The molecule has 0 bridgehead atoms. The standard InChI is InChI=1S/C19H18F2N6/c1-11-9-26-10-13(7-16(21)19(26)23-11)12-6-15(20)18-17(8-12)24-27(25-18)14-2-4-22-5-3-14/h6-10,14,22H,2-5H2,1H3. The molecule has 1 fully saturated rings. The Bertz CT molecular complexity index is 1160. The number of rotatable bonds is 2. The molecular weight excluding hydrogens is 350 g/mol. The Morgan fingerprint density at radius 2 is 1.78 bits per heavy atom. The van der Waals surface area contributed by atoms with E-state index in [1.165, 1.54) is 12.1 Å². The Kier molecular flexibility index (Phi) is 3.68. The number of halogens is 2. The number of hydrogen-bond acceptors (Lipinski definition) is 4. The zero-order valence-corrected chi connectivity index (χ0v) is 14.8. The van der Waals surface area contributed by atoms with Crippen molar-refractivity contribution in [3.63, 3.8) is 0 Å². The van der Waals surface area contributed by atoms with Crippen molar-refractivity contribution in [2.24, 2.45) is 0 Å². The fraction of sp³-hybridized carbons (Fsp3) is 0.316. The number of fused-ring (bicyclic) bond motifs is 2. The van der Waals surface area contributed by atoms with Crippen molar-refractivity contribution < 1.29 is 8.78 Å². The third kappa shape index (κ3) is 2.76. The zero-order chi connectivity index (χ0) is 18.5. The maximum atomic E-state index is 14.7. The monoisotopic (exact) mass is 368 g/mol. The molecule has 1 aliphatic heterocycles. The van der Waals surface area contributed by atoms with Crippen molar-refractivity contribution in [2.75, 3.05) is 13.1 Å². The van der Waals surface area contributed by atoms with Gasteiger partial charge in [-0.25, -0.2) is 13.8 Å². The third-order valence-corrected chi connectivity index (χ3v) is 5.05. The second kappa shape index (κ2) is 6.09. The van der Waals surface area contributed by atoms with Gasteiger partial charge in [-0.15, -0.1) is 5.10 Å². The van der Waals surface area contributed by atoms with Gasteiger partial charge < -0.3 is 9.72 Å². The van der Waals surface area contributed by atoms with Gasteiger partial charge in [-0.1, -0.05) is 0 Å². The SMILES string of the molecule is Cc1cn2cc(-c3cc(F)c4nn(C5CCNCC5)nc4c3)cc(F)c2n1. The first-order valence-corrected chi connectivity index (χ1v) is 9.00. The van der Waals surface area contributed by atoms with E-state index in [0.717, 1.165) is 31.6 Å². The van der Waals surface area contributed by atoms with E-state index in [0.29, 0.717) is 16.6 Å². The molecule has 0 saturated carbocycles. The summed E-state index contributed by atoms with van der Waals surface area (Å²) in [7, 11) is 0. The summed E-state index contributed by atoms with van der Waals surface area (Å²) in [5.41, 5.74) is 2.83. The van der Waals surface area contributed by atoms with Gasteiger partial charge >= 0.3 is 0 Å². The van der Waals surface area contributed by atoms with Crippen LogP contribution in [0, 0.1) is 18.6 Å². The fourth-order valence-corrected chi connectivity index (χ4v) is 3.70. The lowest BCUT2D eigenvalue weighted by Crippen LogP contribution is -2.30. The minimum Gasteiger partial charge on any atom is -0.317 e. The van der Waals surface area contributed by atoms with Crippen molar-refractivity contribution in [2.45, 2.75) is 25.8 Å². The summed E-state index contributed by atoms with van der Waals surface area (Å²) in [6.07, 6.45) is 5.31.